The summed E-state index contributed by atoms with van der Waals surface area (Å²) in [6.07, 6.45) is 0. The SMILES string of the molecule is Cc1ccc(CN2CC(C)(C)CNC(C)(C)C2)cc1. The Hall–Kier alpha value is -0.860. The van der Waals surface area contributed by atoms with Crippen molar-refractivity contribution in [2.75, 3.05) is 19.6 Å². The van der Waals surface area contributed by atoms with Crippen molar-refractivity contribution in [3.8, 4) is 0 Å². The zero-order valence-corrected chi connectivity index (χ0v) is 13.1. The van der Waals surface area contributed by atoms with Gasteiger partial charge in [-0.3, -0.25) is 4.90 Å². The molecule has 0 unspecified atom stereocenters. The number of hydrogen-bond acceptors (Lipinski definition) is 2. The average Bonchev–Trinajstić information content (AvgIpc) is 2.38. The maximum atomic E-state index is 3.69. The first-order valence-electron chi connectivity index (χ1n) is 7.29. The highest BCUT2D eigenvalue weighted by Gasteiger charge is 2.32. The largest absolute Gasteiger partial charge is 0.310 e. The van der Waals surface area contributed by atoms with E-state index in [-0.39, 0.29) is 5.54 Å². The number of nitrogens with one attached hydrogen (secondary N) is 1. The summed E-state index contributed by atoms with van der Waals surface area (Å²) in [5.41, 5.74) is 3.28. The third-order valence-electron chi connectivity index (χ3n) is 3.84. The number of rotatable bonds is 2. The highest BCUT2D eigenvalue weighted by Crippen LogP contribution is 2.24. The minimum absolute atomic E-state index is 0.193. The first-order chi connectivity index (χ1) is 8.76. The van der Waals surface area contributed by atoms with Crippen LogP contribution in [-0.4, -0.2) is 30.1 Å². The predicted molar refractivity (Wildman–Crippen MR) is 82.3 cm³/mol. The molecule has 2 heteroatoms. The molecule has 0 saturated carbocycles. The van der Waals surface area contributed by atoms with Crippen molar-refractivity contribution in [2.24, 2.45) is 5.41 Å². The molecule has 1 saturated heterocycles. The zero-order chi connectivity index (χ0) is 14.1. The van der Waals surface area contributed by atoms with Crippen molar-refractivity contribution in [3.05, 3.63) is 35.4 Å². The Labute approximate surface area is 118 Å². The van der Waals surface area contributed by atoms with E-state index in [0.717, 1.165) is 26.2 Å². The molecule has 0 bridgehead atoms. The summed E-state index contributed by atoms with van der Waals surface area (Å²) >= 11 is 0. The fourth-order valence-electron chi connectivity index (χ4n) is 2.87. The van der Waals surface area contributed by atoms with Gasteiger partial charge in [-0.15, -0.1) is 0 Å². The van der Waals surface area contributed by atoms with Crippen molar-refractivity contribution >= 4 is 0 Å². The van der Waals surface area contributed by atoms with Crippen LogP contribution in [0.3, 0.4) is 0 Å². The summed E-state index contributed by atoms with van der Waals surface area (Å²) in [4.78, 5) is 2.59. The summed E-state index contributed by atoms with van der Waals surface area (Å²) < 4.78 is 0. The molecule has 1 heterocycles. The van der Waals surface area contributed by atoms with Crippen molar-refractivity contribution in [1.82, 2.24) is 10.2 Å². The van der Waals surface area contributed by atoms with Crippen molar-refractivity contribution in [2.45, 2.75) is 46.7 Å². The Kier molecular flexibility index (Phi) is 4.03. The first-order valence-corrected chi connectivity index (χ1v) is 7.29. The van der Waals surface area contributed by atoms with Gasteiger partial charge in [0.2, 0.25) is 0 Å². The topological polar surface area (TPSA) is 15.3 Å². The lowest BCUT2D eigenvalue weighted by Gasteiger charge is -2.31. The molecule has 0 aliphatic carbocycles. The predicted octanol–water partition coefficient (Wildman–Crippen LogP) is 3.21. The van der Waals surface area contributed by atoms with E-state index in [1.807, 2.05) is 0 Å². The van der Waals surface area contributed by atoms with Gasteiger partial charge in [-0.25, -0.2) is 0 Å². The molecular weight excluding hydrogens is 232 g/mol. The summed E-state index contributed by atoms with van der Waals surface area (Å²) in [5.74, 6) is 0. The summed E-state index contributed by atoms with van der Waals surface area (Å²) in [6, 6.07) is 8.94. The summed E-state index contributed by atoms with van der Waals surface area (Å²) in [7, 11) is 0. The second-order valence-corrected chi connectivity index (χ2v) is 7.53. The van der Waals surface area contributed by atoms with Gasteiger partial charge in [-0.2, -0.15) is 0 Å². The van der Waals surface area contributed by atoms with Crippen LogP contribution in [-0.2, 0) is 6.54 Å². The number of benzene rings is 1. The Morgan fingerprint density at radius 1 is 1.05 bits per heavy atom. The van der Waals surface area contributed by atoms with E-state index in [9.17, 15) is 0 Å². The normalized spacial score (nSPS) is 23.0. The van der Waals surface area contributed by atoms with Gasteiger partial charge in [0.1, 0.15) is 0 Å². The maximum absolute atomic E-state index is 3.69. The molecule has 106 valence electrons. The molecule has 2 rings (SSSR count). The number of aryl methyl sites for hydroxylation is 1. The number of hydrogen-bond donors (Lipinski definition) is 1. The Morgan fingerprint density at radius 3 is 2.32 bits per heavy atom. The van der Waals surface area contributed by atoms with E-state index in [1.165, 1.54) is 11.1 Å². The van der Waals surface area contributed by atoms with Gasteiger partial charge in [-0.1, -0.05) is 43.7 Å². The molecule has 19 heavy (non-hydrogen) atoms. The average molecular weight is 260 g/mol. The molecule has 0 aromatic heterocycles. The fraction of sp³-hybridized carbons (Fsp3) is 0.647. The molecule has 0 radical (unpaired) electrons. The monoisotopic (exact) mass is 260 g/mol. The van der Waals surface area contributed by atoms with E-state index in [4.69, 9.17) is 0 Å². The lowest BCUT2D eigenvalue weighted by atomic mass is 9.93. The van der Waals surface area contributed by atoms with Crippen molar-refractivity contribution in [1.29, 1.82) is 0 Å². The lowest BCUT2D eigenvalue weighted by Crippen LogP contribution is -2.46. The minimum atomic E-state index is 0.193. The van der Waals surface area contributed by atoms with Crippen LogP contribution in [0.2, 0.25) is 0 Å². The molecule has 1 aromatic rings. The third-order valence-corrected chi connectivity index (χ3v) is 3.84. The van der Waals surface area contributed by atoms with Crippen LogP contribution >= 0.6 is 0 Å². The van der Waals surface area contributed by atoms with E-state index in [0.29, 0.717) is 5.41 Å². The van der Waals surface area contributed by atoms with E-state index >= 15 is 0 Å². The molecule has 0 amide bonds. The summed E-state index contributed by atoms with van der Waals surface area (Å²) in [5, 5.41) is 3.69. The molecule has 1 aliphatic heterocycles. The molecule has 1 fully saturated rings. The fourth-order valence-corrected chi connectivity index (χ4v) is 2.87. The molecule has 2 nitrogen and oxygen atoms in total. The van der Waals surface area contributed by atoms with Crippen LogP contribution in [0.1, 0.15) is 38.8 Å². The highest BCUT2D eigenvalue weighted by molar-refractivity contribution is 5.21. The minimum Gasteiger partial charge on any atom is -0.310 e. The Balaban J connectivity index is 2.10. The van der Waals surface area contributed by atoms with Crippen LogP contribution in [0, 0.1) is 12.3 Å². The standard InChI is InChI=1S/C17H28N2/c1-14-6-8-15(9-7-14)10-19-12-16(2,3)11-18-17(4,5)13-19/h6-9,18H,10-13H2,1-5H3. The third kappa shape index (κ3) is 4.32. The molecule has 1 N–H and O–H groups in total. The van der Waals surface area contributed by atoms with Crippen LogP contribution in [0.5, 0.6) is 0 Å². The van der Waals surface area contributed by atoms with Gasteiger partial charge >= 0.3 is 0 Å². The van der Waals surface area contributed by atoms with Crippen molar-refractivity contribution < 1.29 is 0 Å². The second-order valence-electron chi connectivity index (χ2n) is 7.53. The van der Waals surface area contributed by atoms with Gasteiger partial charge in [0.15, 0.2) is 0 Å². The Morgan fingerprint density at radius 2 is 1.68 bits per heavy atom. The van der Waals surface area contributed by atoms with Crippen LogP contribution < -0.4 is 5.32 Å². The quantitative estimate of drug-likeness (QED) is 0.878. The number of nitrogens with zero attached hydrogens (tertiary/aromatic N) is 1. The lowest BCUT2D eigenvalue weighted by molar-refractivity contribution is 0.183. The highest BCUT2D eigenvalue weighted by atomic mass is 15.2. The van der Waals surface area contributed by atoms with E-state index in [2.05, 4.69) is 69.1 Å². The zero-order valence-electron chi connectivity index (χ0n) is 13.1. The van der Waals surface area contributed by atoms with Crippen molar-refractivity contribution in [3.63, 3.8) is 0 Å². The summed E-state index contributed by atoms with van der Waals surface area (Å²) in [6.45, 7) is 15.8. The molecular formula is C17H28N2. The van der Waals surface area contributed by atoms with Gasteiger partial charge in [0, 0.05) is 31.7 Å². The van der Waals surface area contributed by atoms with Gasteiger partial charge in [0.25, 0.3) is 0 Å². The second kappa shape index (κ2) is 5.26. The molecule has 1 aliphatic rings. The molecule has 0 atom stereocenters. The van der Waals surface area contributed by atoms with Gasteiger partial charge in [-0.05, 0) is 31.7 Å². The van der Waals surface area contributed by atoms with Gasteiger partial charge in [0.05, 0.1) is 0 Å². The maximum Gasteiger partial charge on any atom is 0.0252 e. The first kappa shape index (κ1) is 14.5. The van der Waals surface area contributed by atoms with Crippen LogP contribution in [0.25, 0.3) is 0 Å². The van der Waals surface area contributed by atoms with Crippen LogP contribution in [0.4, 0.5) is 0 Å². The van der Waals surface area contributed by atoms with Gasteiger partial charge < -0.3 is 5.32 Å². The molecule has 1 aromatic carbocycles. The molecule has 0 spiro atoms. The smallest absolute Gasteiger partial charge is 0.0252 e. The van der Waals surface area contributed by atoms with E-state index < -0.39 is 0 Å². The Bertz CT molecular complexity index is 399. The van der Waals surface area contributed by atoms with E-state index in [1.54, 1.807) is 0 Å². The van der Waals surface area contributed by atoms with Crippen LogP contribution in [0.15, 0.2) is 24.3 Å².